The second-order valence-electron chi connectivity index (χ2n) is 9.91. The van der Waals surface area contributed by atoms with E-state index in [0.717, 1.165) is 60.6 Å². The number of amides is 1. The Labute approximate surface area is 214 Å². The van der Waals surface area contributed by atoms with Gasteiger partial charge in [0.25, 0.3) is 5.91 Å². The summed E-state index contributed by atoms with van der Waals surface area (Å²) in [5.41, 5.74) is 6.19. The Hall–Kier alpha value is -3.98. The predicted molar refractivity (Wildman–Crippen MR) is 140 cm³/mol. The van der Waals surface area contributed by atoms with E-state index in [0.29, 0.717) is 11.3 Å². The summed E-state index contributed by atoms with van der Waals surface area (Å²) in [5, 5.41) is 7.41. The average molecular weight is 501 g/mol. The molecule has 37 heavy (non-hydrogen) atoms. The number of carbonyl (C=O) groups is 1. The highest BCUT2D eigenvalue weighted by atomic mass is 19.1. The standard InChI is InChI=1S/C28H29FN6O2/c1-17-10-23(29)21(28(36)32-20-4-5-20)11-24(17)35-15-19(13-31-35)25-14-30-27-12-26(37-3)22(16-34(25)27)18-6-8-33(2)9-7-18/h6,10-16,20H,4-5,7-9H2,1-3H3,(H,32,36). The molecule has 0 atom stereocenters. The maximum absolute atomic E-state index is 14.6. The number of imidazole rings is 1. The summed E-state index contributed by atoms with van der Waals surface area (Å²) >= 11 is 0. The maximum atomic E-state index is 14.6. The molecule has 8 nitrogen and oxygen atoms in total. The fourth-order valence-corrected chi connectivity index (χ4v) is 4.80. The molecule has 1 aromatic carbocycles. The number of rotatable bonds is 6. The van der Waals surface area contributed by atoms with Crippen molar-refractivity contribution in [3.05, 3.63) is 71.6 Å². The first kappa shape index (κ1) is 23.4. The largest absolute Gasteiger partial charge is 0.496 e. The number of nitrogens with one attached hydrogen (secondary N) is 1. The van der Waals surface area contributed by atoms with Gasteiger partial charge in [-0.05, 0) is 56.5 Å². The molecule has 0 bridgehead atoms. The number of halogens is 1. The number of carbonyl (C=O) groups excluding carboxylic acids is 1. The Balaban J connectivity index is 1.38. The molecule has 0 spiro atoms. The van der Waals surface area contributed by atoms with Gasteiger partial charge in [-0.15, -0.1) is 0 Å². The number of ether oxygens (including phenoxy) is 1. The van der Waals surface area contributed by atoms with Crippen molar-refractivity contribution in [3.8, 4) is 22.7 Å². The van der Waals surface area contributed by atoms with Gasteiger partial charge >= 0.3 is 0 Å². The van der Waals surface area contributed by atoms with Crippen LogP contribution in [-0.2, 0) is 0 Å². The van der Waals surface area contributed by atoms with Gasteiger partial charge in [0.1, 0.15) is 17.2 Å². The maximum Gasteiger partial charge on any atom is 0.254 e. The van der Waals surface area contributed by atoms with Crippen LogP contribution in [0.2, 0.25) is 0 Å². The lowest BCUT2D eigenvalue weighted by Gasteiger charge is -2.23. The lowest BCUT2D eigenvalue weighted by atomic mass is 10.0. The van der Waals surface area contributed by atoms with Gasteiger partial charge in [-0.3, -0.25) is 9.20 Å². The van der Waals surface area contributed by atoms with E-state index in [4.69, 9.17) is 4.74 Å². The molecule has 1 N–H and O–H groups in total. The van der Waals surface area contributed by atoms with E-state index in [1.54, 1.807) is 24.1 Å². The summed E-state index contributed by atoms with van der Waals surface area (Å²) in [7, 11) is 3.80. The molecule has 4 aromatic rings. The lowest BCUT2D eigenvalue weighted by Crippen LogP contribution is -2.26. The summed E-state index contributed by atoms with van der Waals surface area (Å²) in [6.07, 6.45) is 12.6. The van der Waals surface area contributed by atoms with Crippen LogP contribution >= 0.6 is 0 Å². The van der Waals surface area contributed by atoms with Gasteiger partial charge in [0, 0.05) is 48.7 Å². The molecule has 9 heteroatoms. The number of hydrogen-bond donors (Lipinski definition) is 1. The van der Waals surface area contributed by atoms with E-state index in [2.05, 4.69) is 39.6 Å². The zero-order valence-corrected chi connectivity index (χ0v) is 21.2. The van der Waals surface area contributed by atoms with Crippen molar-refractivity contribution in [3.63, 3.8) is 0 Å². The van der Waals surface area contributed by atoms with Gasteiger partial charge in [-0.25, -0.2) is 14.1 Å². The van der Waals surface area contributed by atoms with E-state index >= 15 is 0 Å². The van der Waals surface area contributed by atoms with Gasteiger partial charge < -0.3 is 15.0 Å². The molecule has 190 valence electrons. The molecule has 3 aromatic heterocycles. The number of likely N-dealkylation sites (N-methyl/N-ethyl adjacent to an activating group) is 1. The molecule has 1 fully saturated rings. The number of aryl methyl sites for hydroxylation is 1. The van der Waals surface area contributed by atoms with Crippen molar-refractivity contribution in [2.24, 2.45) is 0 Å². The summed E-state index contributed by atoms with van der Waals surface area (Å²) in [6, 6.07) is 5.07. The molecule has 1 aliphatic carbocycles. The highest BCUT2D eigenvalue weighted by Gasteiger charge is 2.26. The zero-order valence-electron chi connectivity index (χ0n) is 21.2. The number of fused-ring (bicyclic) bond motifs is 1. The highest BCUT2D eigenvalue weighted by molar-refractivity contribution is 5.95. The molecule has 6 rings (SSSR count). The zero-order chi connectivity index (χ0) is 25.7. The van der Waals surface area contributed by atoms with E-state index in [9.17, 15) is 9.18 Å². The SMILES string of the molecule is COc1cc2ncc(-c3cnn(-c4cc(C(=O)NC5CC5)c(F)cc4C)c3)n2cc1C1=CCN(C)CC1. The number of aromatic nitrogens is 4. The van der Waals surface area contributed by atoms with Crippen molar-refractivity contribution in [2.75, 3.05) is 27.2 Å². The van der Waals surface area contributed by atoms with Crippen LogP contribution in [0, 0.1) is 12.7 Å². The fourth-order valence-electron chi connectivity index (χ4n) is 4.80. The molecule has 4 heterocycles. The van der Waals surface area contributed by atoms with Crippen molar-refractivity contribution in [2.45, 2.75) is 32.2 Å². The molecular formula is C28H29FN6O2. The van der Waals surface area contributed by atoms with Crippen LogP contribution in [0.1, 0.15) is 40.7 Å². The first-order chi connectivity index (χ1) is 17.9. The number of benzene rings is 1. The summed E-state index contributed by atoms with van der Waals surface area (Å²) < 4.78 is 24.1. The van der Waals surface area contributed by atoms with Crippen LogP contribution in [-0.4, -0.2) is 63.3 Å². The van der Waals surface area contributed by atoms with Crippen molar-refractivity contribution < 1.29 is 13.9 Å². The number of nitrogens with zero attached hydrogens (tertiary/aromatic N) is 5. The van der Waals surface area contributed by atoms with Crippen molar-refractivity contribution >= 4 is 17.1 Å². The third-order valence-electron chi connectivity index (χ3n) is 7.16. The van der Waals surface area contributed by atoms with Crippen LogP contribution in [0.25, 0.3) is 28.2 Å². The van der Waals surface area contributed by atoms with E-state index in [1.165, 1.54) is 11.6 Å². The molecule has 2 aliphatic rings. The van der Waals surface area contributed by atoms with Gasteiger partial charge in [0.15, 0.2) is 0 Å². The monoisotopic (exact) mass is 500 g/mol. The summed E-state index contributed by atoms with van der Waals surface area (Å²) in [5.74, 6) is -0.117. The Bertz CT molecular complexity index is 1550. The van der Waals surface area contributed by atoms with Gasteiger partial charge in [0.2, 0.25) is 0 Å². The number of pyridine rings is 1. The first-order valence-electron chi connectivity index (χ1n) is 12.5. The summed E-state index contributed by atoms with van der Waals surface area (Å²) in [6.45, 7) is 3.70. The van der Waals surface area contributed by atoms with Crippen LogP contribution in [0.15, 0.2) is 49.1 Å². The Morgan fingerprint density at radius 3 is 2.76 bits per heavy atom. The molecule has 0 radical (unpaired) electrons. The Morgan fingerprint density at radius 2 is 2.03 bits per heavy atom. The normalized spacial score (nSPS) is 16.2. The minimum Gasteiger partial charge on any atom is -0.496 e. The minimum absolute atomic E-state index is 0.0301. The minimum atomic E-state index is -0.529. The van der Waals surface area contributed by atoms with Crippen LogP contribution in [0.4, 0.5) is 4.39 Å². The first-order valence-corrected chi connectivity index (χ1v) is 12.5. The molecular weight excluding hydrogens is 471 g/mol. The second kappa shape index (κ2) is 9.15. The van der Waals surface area contributed by atoms with Crippen molar-refractivity contribution in [1.82, 2.24) is 29.4 Å². The third-order valence-corrected chi connectivity index (χ3v) is 7.16. The highest BCUT2D eigenvalue weighted by Crippen LogP contribution is 2.33. The molecule has 1 saturated carbocycles. The average Bonchev–Trinajstić information content (AvgIpc) is 3.40. The Morgan fingerprint density at radius 1 is 1.19 bits per heavy atom. The van der Waals surface area contributed by atoms with Gasteiger partial charge in [0.05, 0.1) is 36.4 Å². The predicted octanol–water partition coefficient (Wildman–Crippen LogP) is 4.25. The molecule has 1 aliphatic heterocycles. The lowest BCUT2D eigenvalue weighted by molar-refractivity contribution is 0.0947. The van der Waals surface area contributed by atoms with E-state index in [-0.39, 0.29) is 17.5 Å². The molecule has 0 saturated heterocycles. The van der Waals surface area contributed by atoms with Crippen LogP contribution in [0.3, 0.4) is 0 Å². The van der Waals surface area contributed by atoms with E-state index < -0.39 is 5.82 Å². The molecule has 1 amide bonds. The quantitative estimate of drug-likeness (QED) is 0.428. The van der Waals surface area contributed by atoms with Crippen molar-refractivity contribution in [1.29, 1.82) is 0 Å². The number of methoxy groups -OCH3 is 1. The fraction of sp³-hybridized carbons (Fsp3) is 0.321. The van der Waals surface area contributed by atoms with Gasteiger partial charge in [-0.2, -0.15) is 5.10 Å². The molecule has 0 unspecified atom stereocenters. The van der Waals surface area contributed by atoms with Crippen LogP contribution in [0.5, 0.6) is 5.75 Å². The summed E-state index contributed by atoms with van der Waals surface area (Å²) in [4.78, 5) is 19.5. The number of hydrogen-bond acceptors (Lipinski definition) is 5. The third kappa shape index (κ3) is 4.40. The van der Waals surface area contributed by atoms with E-state index in [1.807, 2.05) is 29.8 Å². The van der Waals surface area contributed by atoms with Gasteiger partial charge in [-0.1, -0.05) is 6.08 Å². The smallest absolute Gasteiger partial charge is 0.254 e. The topological polar surface area (TPSA) is 76.7 Å². The second-order valence-corrected chi connectivity index (χ2v) is 9.91. The van der Waals surface area contributed by atoms with Crippen LogP contribution < -0.4 is 10.1 Å². The Kier molecular flexibility index (Phi) is 5.79.